The van der Waals surface area contributed by atoms with Crippen LogP contribution in [0.25, 0.3) is 0 Å². The first-order valence-corrected chi connectivity index (χ1v) is 5.27. The summed E-state index contributed by atoms with van der Waals surface area (Å²) in [5.74, 6) is 0. The van der Waals surface area contributed by atoms with Gasteiger partial charge in [-0.3, -0.25) is 4.79 Å². The summed E-state index contributed by atoms with van der Waals surface area (Å²) in [7, 11) is 0.586. The van der Waals surface area contributed by atoms with Gasteiger partial charge in [0.05, 0.1) is 0 Å². The molecular weight excluding hydrogens is 206 g/mol. The Labute approximate surface area is 76.4 Å². The quantitative estimate of drug-likeness (QED) is 0.508. The predicted octanol–water partition coefficient (Wildman–Crippen LogP) is 0.387. The van der Waals surface area contributed by atoms with Crippen molar-refractivity contribution < 1.29 is 17.9 Å². The lowest BCUT2D eigenvalue weighted by molar-refractivity contribution is -0.138. The molecule has 0 unspecified atom stereocenters. The largest absolute Gasteiger partial charge is 0.462 e. The number of ether oxygens (including phenoxy) is 1. The van der Waals surface area contributed by atoms with E-state index in [2.05, 4.69) is 20.6 Å². The molecule has 0 aromatic rings. The smallest absolute Gasteiger partial charge is 0.294 e. The molecule has 0 spiro atoms. The second-order valence-corrected chi connectivity index (χ2v) is 5.04. The number of hydrogen-bond acceptors (Lipinski definition) is 4. The number of rotatable bonds is 1. The maximum Gasteiger partial charge on any atom is 0.294 e. The van der Waals surface area contributed by atoms with Crippen LogP contribution < -0.4 is 5.14 Å². The van der Waals surface area contributed by atoms with Crippen LogP contribution in [0.2, 0.25) is 0 Å². The van der Waals surface area contributed by atoms with Crippen molar-refractivity contribution in [3.05, 3.63) is 0 Å². The molecule has 0 aliphatic heterocycles. The Morgan fingerprint density at radius 3 is 1.67 bits per heavy atom. The minimum Gasteiger partial charge on any atom is -0.462 e. The highest BCUT2D eigenvalue weighted by atomic mass is 35.7. The molecule has 0 amide bonds. The van der Waals surface area contributed by atoms with E-state index in [4.69, 9.17) is 0 Å². The molecule has 0 aromatic heterocycles. The van der Waals surface area contributed by atoms with Crippen LogP contribution in [0.1, 0.15) is 20.8 Å². The Kier molecular flexibility index (Phi) is 6.32. The van der Waals surface area contributed by atoms with E-state index < -0.39 is 9.24 Å². The Hall–Kier alpha value is -0.330. The van der Waals surface area contributed by atoms with Gasteiger partial charge in [0.25, 0.3) is 15.7 Å². The number of hydrogen-bond donors (Lipinski definition) is 1. The molecular formula is C5H12ClNO4S. The monoisotopic (exact) mass is 217 g/mol. The maximum absolute atomic E-state index is 9.60. The highest BCUT2D eigenvalue weighted by Gasteiger charge is 2.07. The standard InChI is InChI=1S/C5H10O2.ClH2NO2S/c1-5(2,3)7-4-6;1-5(2,3)4/h4H,1-3H3;(H2,2,3,4). The van der Waals surface area contributed by atoms with Gasteiger partial charge >= 0.3 is 0 Å². The summed E-state index contributed by atoms with van der Waals surface area (Å²) in [6.45, 7) is 5.92. The molecule has 0 atom stereocenters. The molecule has 0 rings (SSSR count). The van der Waals surface area contributed by atoms with Crippen molar-refractivity contribution in [3.8, 4) is 0 Å². The highest BCUT2D eigenvalue weighted by molar-refractivity contribution is 8.11. The summed E-state index contributed by atoms with van der Waals surface area (Å²) in [5, 5.41) is 4.09. The van der Waals surface area contributed by atoms with Gasteiger partial charge in [-0.05, 0) is 20.8 Å². The molecule has 0 bridgehead atoms. The molecule has 0 fully saturated rings. The fraction of sp³-hybridized carbons (Fsp3) is 0.800. The van der Waals surface area contributed by atoms with E-state index in [0.29, 0.717) is 6.47 Å². The van der Waals surface area contributed by atoms with Gasteiger partial charge in [-0.1, -0.05) is 0 Å². The lowest BCUT2D eigenvalue weighted by Gasteiger charge is -2.14. The molecule has 0 radical (unpaired) electrons. The van der Waals surface area contributed by atoms with Gasteiger partial charge in [0.1, 0.15) is 5.60 Å². The minimum atomic E-state index is -3.69. The highest BCUT2D eigenvalue weighted by Crippen LogP contribution is 2.02. The van der Waals surface area contributed by atoms with E-state index in [0.717, 1.165) is 0 Å². The average molecular weight is 218 g/mol. The average Bonchev–Trinajstić information content (AvgIpc) is 1.54. The topological polar surface area (TPSA) is 86.5 Å². The maximum atomic E-state index is 9.60. The Bertz CT molecular complexity index is 210. The molecule has 7 heteroatoms. The van der Waals surface area contributed by atoms with E-state index in [-0.39, 0.29) is 5.60 Å². The second kappa shape index (κ2) is 5.34. The lowest BCUT2D eigenvalue weighted by Crippen LogP contribution is -2.17. The summed E-state index contributed by atoms with van der Waals surface area (Å²) in [5.41, 5.74) is -0.318. The van der Waals surface area contributed by atoms with Crippen molar-refractivity contribution in [2.45, 2.75) is 26.4 Å². The Morgan fingerprint density at radius 1 is 1.42 bits per heavy atom. The summed E-state index contributed by atoms with van der Waals surface area (Å²) >= 11 is 0. The van der Waals surface area contributed by atoms with E-state index in [1.807, 2.05) is 20.8 Å². The molecule has 0 saturated carbocycles. The third-order valence-corrected chi connectivity index (χ3v) is 0.402. The van der Waals surface area contributed by atoms with Gasteiger partial charge in [-0.2, -0.15) is 8.42 Å². The van der Waals surface area contributed by atoms with E-state index in [1.165, 1.54) is 0 Å². The molecule has 5 nitrogen and oxygen atoms in total. The summed E-state index contributed by atoms with van der Waals surface area (Å²) in [6.07, 6.45) is 0. The second-order valence-electron chi connectivity index (χ2n) is 2.80. The van der Waals surface area contributed by atoms with E-state index >= 15 is 0 Å². The normalized spacial score (nSPS) is 11.1. The number of halogens is 1. The van der Waals surface area contributed by atoms with Gasteiger partial charge < -0.3 is 4.74 Å². The first kappa shape index (κ1) is 14.2. The molecule has 0 aliphatic carbocycles. The molecule has 0 saturated heterocycles. The first-order valence-electron chi connectivity index (χ1n) is 2.90. The van der Waals surface area contributed by atoms with E-state index in [1.54, 1.807) is 0 Å². The van der Waals surface area contributed by atoms with Gasteiger partial charge in [-0.15, -0.1) is 0 Å². The van der Waals surface area contributed by atoms with Gasteiger partial charge in [0.2, 0.25) is 0 Å². The molecule has 2 N–H and O–H groups in total. The lowest BCUT2D eigenvalue weighted by atomic mass is 10.2. The van der Waals surface area contributed by atoms with Crippen LogP contribution in [0, 0.1) is 0 Å². The van der Waals surface area contributed by atoms with Crippen molar-refractivity contribution in [2.24, 2.45) is 5.14 Å². The van der Waals surface area contributed by atoms with Gasteiger partial charge in [0.15, 0.2) is 0 Å². The fourth-order valence-corrected chi connectivity index (χ4v) is 0.144. The third-order valence-electron chi connectivity index (χ3n) is 0.402. The molecule has 12 heavy (non-hydrogen) atoms. The third kappa shape index (κ3) is 54.0. The van der Waals surface area contributed by atoms with Crippen molar-refractivity contribution in [3.63, 3.8) is 0 Å². The number of nitrogens with two attached hydrogens (primary N) is 1. The van der Waals surface area contributed by atoms with Crippen molar-refractivity contribution in [2.75, 3.05) is 0 Å². The summed E-state index contributed by atoms with van der Waals surface area (Å²) in [4.78, 5) is 9.60. The molecule has 74 valence electrons. The minimum absolute atomic E-state index is 0.318. The number of carbonyl (C=O) groups is 1. The van der Waals surface area contributed by atoms with Crippen LogP contribution in [-0.2, 0) is 18.8 Å². The SMILES string of the molecule is CC(C)(C)OC=O.NS(=O)(=O)Cl. The number of carbonyl (C=O) groups excluding carboxylic acids is 1. The Balaban J connectivity index is 0. The van der Waals surface area contributed by atoms with Crippen molar-refractivity contribution in [1.29, 1.82) is 0 Å². The van der Waals surface area contributed by atoms with Gasteiger partial charge in [-0.25, -0.2) is 5.14 Å². The zero-order chi connectivity index (χ0) is 10.4. The molecule has 0 aromatic carbocycles. The van der Waals surface area contributed by atoms with Crippen LogP contribution in [0.5, 0.6) is 0 Å². The molecule has 0 heterocycles. The fourth-order valence-electron chi connectivity index (χ4n) is 0.144. The van der Waals surface area contributed by atoms with Crippen LogP contribution in [0.3, 0.4) is 0 Å². The van der Waals surface area contributed by atoms with Crippen LogP contribution in [-0.4, -0.2) is 20.5 Å². The predicted molar refractivity (Wildman–Crippen MR) is 45.9 cm³/mol. The van der Waals surface area contributed by atoms with E-state index in [9.17, 15) is 13.2 Å². The zero-order valence-corrected chi connectivity index (χ0v) is 8.65. The van der Waals surface area contributed by atoms with Crippen LogP contribution in [0.15, 0.2) is 0 Å². The zero-order valence-electron chi connectivity index (χ0n) is 7.07. The van der Waals surface area contributed by atoms with Gasteiger partial charge in [0, 0.05) is 10.7 Å². The van der Waals surface area contributed by atoms with Crippen LogP contribution in [0.4, 0.5) is 0 Å². The van der Waals surface area contributed by atoms with Crippen molar-refractivity contribution >= 4 is 26.4 Å². The van der Waals surface area contributed by atoms with Crippen LogP contribution >= 0.6 is 10.7 Å². The van der Waals surface area contributed by atoms with Crippen molar-refractivity contribution in [1.82, 2.24) is 0 Å². The first-order chi connectivity index (χ1) is 5.06. The summed E-state index contributed by atoms with van der Waals surface area (Å²) < 4.78 is 22.9. The molecule has 0 aliphatic rings. The summed E-state index contributed by atoms with van der Waals surface area (Å²) in [6, 6.07) is 0. The Morgan fingerprint density at radius 2 is 1.67 bits per heavy atom.